The summed E-state index contributed by atoms with van der Waals surface area (Å²) in [5.41, 5.74) is 5.44. The zero-order chi connectivity index (χ0) is 19.7. The minimum Gasteiger partial charge on any atom is -0.340 e. The molecule has 3 aromatic rings. The Morgan fingerprint density at radius 1 is 0.857 bits per heavy atom. The smallest absolute Gasteiger partial charge is 0.0462 e. The molecular formula is C26H30N2. The first-order valence-corrected chi connectivity index (χ1v) is 10.2. The molecule has 0 unspecified atom stereocenters. The lowest BCUT2D eigenvalue weighted by atomic mass is 9.95. The molecular weight excluding hydrogens is 340 g/mol. The molecule has 2 nitrogen and oxygen atoms in total. The highest BCUT2D eigenvalue weighted by molar-refractivity contribution is 5.87. The van der Waals surface area contributed by atoms with Crippen molar-refractivity contribution in [3.05, 3.63) is 77.9 Å². The fourth-order valence-electron chi connectivity index (χ4n) is 3.79. The second-order valence-electron chi connectivity index (χ2n) is 9.01. The number of nitrogens with zero attached hydrogens (tertiary/aromatic N) is 2. The number of likely N-dealkylation sites (N-methyl/N-ethyl adjacent to an activating group) is 1. The maximum Gasteiger partial charge on any atom is 0.0462 e. The van der Waals surface area contributed by atoms with E-state index in [9.17, 15) is 0 Å². The van der Waals surface area contributed by atoms with Crippen molar-refractivity contribution >= 4 is 28.2 Å². The Labute approximate surface area is 169 Å². The van der Waals surface area contributed by atoms with Crippen molar-refractivity contribution in [2.75, 3.05) is 25.0 Å². The van der Waals surface area contributed by atoms with Gasteiger partial charge in [-0.1, -0.05) is 75.4 Å². The topological polar surface area (TPSA) is 6.48 Å². The van der Waals surface area contributed by atoms with E-state index in [0.717, 1.165) is 19.6 Å². The molecule has 3 aromatic carbocycles. The molecule has 28 heavy (non-hydrogen) atoms. The van der Waals surface area contributed by atoms with Gasteiger partial charge in [-0.25, -0.2) is 0 Å². The molecule has 144 valence electrons. The number of fused-ring (bicyclic) bond motifs is 2. The lowest BCUT2D eigenvalue weighted by Gasteiger charge is -2.26. The van der Waals surface area contributed by atoms with Gasteiger partial charge in [0.05, 0.1) is 0 Å². The highest BCUT2D eigenvalue weighted by atomic mass is 15.2. The summed E-state index contributed by atoms with van der Waals surface area (Å²) in [5.74, 6) is 0. The molecule has 0 spiro atoms. The van der Waals surface area contributed by atoms with Gasteiger partial charge in [0, 0.05) is 31.0 Å². The van der Waals surface area contributed by atoms with Gasteiger partial charge in [-0.05, 0) is 52.6 Å². The van der Waals surface area contributed by atoms with Gasteiger partial charge in [0.1, 0.15) is 0 Å². The summed E-state index contributed by atoms with van der Waals surface area (Å²) < 4.78 is 0. The van der Waals surface area contributed by atoms with E-state index in [-0.39, 0.29) is 5.41 Å². The molecule has 0 fully saturated rings. The molecule has 0 atom stereocenters. The van der Waals surface area contributed by atoms with Gasteiger partial charge < -0.3 is 9.80 Å². The molecule has 2 heteroatoms. The van der Waals surface area contributed by atoms with Crippen molar-refractivity contribution in [2.24, 2.45) is 5.41 Å². The Balaban J connectivity index is 1.78. The average molecular weight is 371 g/mol. The molecule has 0 radical (unpaired) electrons. The Bertz CT molecular complexity index is 1010. The molecule has 0 bridgehead atoms. The first kappa shape index (κ1) is 18.8. The van der Waals surface area contributed by atoms with E-state index in [1.807, 2.05) is 0 Å². The normalized spacial score (nSPS) is 15.8. The molecule has 0 N–H and O–H groups in total. The summed E-state index contributed by atoms with van der Waals surface area (Å²) in [7, 11) is 2.21. The van der Waals surface area contributed by atoms with Crippen LogP contribution < -0.4 is 4.90 Å². The number of hydrogen-bond donors (Lipinski definition) is 0. The molecule has 1 aliphatic rings. The first-order valence-electron chi connectivity index (χ1n) is 10.2. The number of anilines is 2. The fourth-order valence-corrected chi connectivity index (χ4v) is 3.79. The zero-order valence-electron chi connectivity index (χ0n) is 17.4. The van der Waals surface area contributed by atoms with E-state index in [2.05, 4.69) is 110 Å². The van der Waals surface area contributed by atoms with Crippen molar-refractivity contribution < 1.29 is 0 Å². The quantitative estimate of drug-likeness (QED) is 0.509. The third-order valence-electron chi connectivity index (χ3n) is 5.37. The summed E-state index contributed by atoms with van der Waals surface area (Å²) in [6.07, 6.45) is 4.55. The maximum absolute atomic E-state index is 2.49. The van der Waals surface area contributed by atoms with Gasteiger partial charge in [0.25, 0.3) is 0 Å². The van der Waals surface area contributed by atoms with Crippen LogP contribution in [-0.2, 0) is 6.54 Å². The minimum absolute atomic E-state index is 0.186. The largest absolute Gasteiger partial charge is 0.340 e. The van der Waals surface area contributed by atoms with Gasteiger partial charge in [-0.15, -0.1) is 0 Å². The number of benzene rings is 3. The summed E-state index contributed by atoms with van der Waals surface area (Å²) in [5, 5.41) is 2.59. The predicted octanol–water partition coefficient (Wildman–Crippen LogP) is 6.48. The van der Waals surface area contributed by atoms with E-state index in [1.165, 1.54) is 33.3 Å². The van der Waals surface area contributed by atoms with Crippen LogP contribution in [0.3, 0.4) is 0 Å². The van der Waals surface area contributed by atoms with Crippen molar-refractivity contribution in [3.63, 3.8) is 0 Å². The predicted molar refractivity (Wildman–Crippen MR) is 122 cm³/mol. The SMILES string of the molecule is CN1CCN(c2ccc3ccccc3c2)c2cc(C=CC(C)(C)C)ccc2C1. The molecule has 0 saturated carbocycles. The molecule has 4 rings (SSSR count). The van der Waals surface area contributed by atoms with Crippen molar-refractivity contribution in [1.29, 1.82) is 0 Å². The van der Waals surface area contributed by atoms with E-state index in [0.29, 0.717) is 0 Å². The van der Waals surface area contributed by atoms with Crippen molar-refractivity contribution in [1.82, 2.24) is 4.90 Å². The minimum atomic E-state index is 0.186. The molecule has 0 saturated heterocycles. The van der Waals surface area contributed by atoms with Crippen LogP contribution in [0.4, 0.5) is 11.4 Å². The molecule has 1 aliphatic heterocycles. The highest BCUT2D eigenvalue weighted by Crippen LogP contribution is 2.34. The average Bonchev–Trinajstić information content (AvgIpc) is 2.83. The third kappa shape index (κ3) is 4.13. The molecule has 1 heterocycles. The van der Waals surface area contributed by atoms with E-state index in [4.69, 9.17) is 0 Å². The molecule has 0 amide bonds. The van der Waals surface area contributed by atoms with Gasteiger partial charge >= 0.3 is 0 Å². The monoisotopic (exact) mass is 370 g/mol. The van der Waals surface area contributed by atoms with Crippen LogP contribution in [0.5, 0.6) is 0 Å². The summed E-state index contributed by atoms with van der Waals surface area (Å²) in [6, 6.07) is 22.3. The van der Waals surface area contributed by atoms with Crippen LogP contribution in [0, 0.1) is 5.41 Å². The molecule has 0 aliphatic carbocycles. The standard InChI is InChI=1S/C26H30N2/c1-26(2,3)14-13-20-9-10-23-19-27(4)15-16-28(25(23)17-20)24-12-11-21-7-5-6-8-22(21)18-24/h5-14,17-18H,15-16,19H2,1-4H3. The van der Waals surface area contributed by atoms with Crippen molar-refractivity contribution in [2.45, 2.75) is 27.3 Å². The summed E-state index contributed by atoms with van der Waals surface area (Å²) in [6.45, 7) is 9.75. The summed E-state index contributed by atoms with van der Waals surface area (Å²) >= 11 is 0. The Morgan fingerprint density at radius 3 is 2.43 bits per heavy atom. The highest BCUT2D eigenvalue weighted by Gasteiger charge is 2.20. The Morgan fingerprint density at radius 2 is 1.64 bits per heavy atom. The molecule has 0 aromatic heterocycles. The number of allylic oxidation sites excluding steroid dienone is 1. The fraction of sp³-hybridized carbons (Fsp3) is 0.308. The van der Waals surface area contributed by atoms with Crippen LogP contribution in [0.2, 0.25) is 0 Å². The Hall–Kier alpha value is -2.58. The summed E-state index contributed by atoms with van der Waals surface area (Å²) in [4.78, 5) is 4.89. The Kier molecular flexibility index (Phi) is 4.99. The van der Waals surface area contributed by atoms with E-state index >= 15 is 0 Å². The first-order chi connectivity index (χ1) is 13.4. The van der Waals surface area contributed by atoms with Crippen LogP contribution in [-0.4, -0.2) is 25.0 Å². The third-order valence-corrected chi connectivity index (χ3v) is 5.37. The number of hydrogen-bond acceptors (Lipinski definition) is 2. The number of rotatable bonds is 2. The van der Waals surface area contributed by atoms with Gasteiger partial charge in [-0.3, -0.25) is 0 Å². The van der Waals surface area contributed by atoms with Crippen LogP contribution in [0.25, 0.3) is 16.8 Å². The van der Waals surface area contributed by atoms with E-state index in [1.54, 1.807) is 0 Å². The van der Waals surface area contributed by atoms with Crippen LogP contribution >= 0.6 is 0 Å². The van der Waals surface area contributed by atoms with E-state index < -0.39 is 0 Å². The van der Waals surface area contributed by atoms with Crippen LogP contribution in [0.15, 0.2) is 66.7 Å². The second-order valence-corrected chi connectivity index (χ2v) is 9.01. The second kappa shape index (κ2) is 7.44. The zero-order valence-corrected chi connectivity index (χ0v) is 17.4. The van der Waals surface area contributed by atoms with Gasteiger partial charge in [0.2, 0.25) is 0 Å². The van der Waals surface area contributed by atoms with Gasteiger partial charge in [-0.2, -0.15) is 0 Å². The lowest BCUT2D eigenvalue weighted by Crippen LogP contribution is -2.26. The maximum atomic E-state index is 2.49. The van der Waals surface area contributed by atoms with Gasteiger partial charge in [0.15, 0.2) is 0 Å². The van der Waals surface area contributed by atoms with Crippen LogP contribution in [0.1, 0.15) is 31.9 Å². The lowest BCUT2D eigenvalue weighted by molar-refractivity contribution is 0.343. The van der Waals surface area contributed by atoms with Crippen molar-refractivity contribution in [3.8, 4) is 0 Å².